The third-order valence-corrected chi connectivity index (χ3v) is 4.34. The molecule has 0 aliphatic carbocycles. The molecular weight excluding hydrogens is 390 g/mol. The van der Waals surface area contributed by atoms with Crippen LogP contribution >= 0.6 is 11.3 Å². The van der Waals surface area contributed by atoms with Crippen LogP contribution in [0.3, 0.4) is 0 Å². The maximum Gasteiger partial charge on any atom is 0.115 e. The van der Waals surface area contributed by atoms with E-state index in [-0.39, 0.29) is 0 Å². The molecule has 0 aromatic carbocycles. The Labute approximate surface area is 184 Å². The smallest absolute Gasteiger partial charge is 0.115 e. The van der Waals surface area contributed by atoms with Gasteiger partial charge in [0.1, 0.15) is 6.33 Å². The summed E-state index contributed by atoms with van der Waals surface area (Å²) in [7, 11) is 0. The van der Waals surface area contributed by atoms with Gasteiger partial charge in [0, 0.05) is 46.7 Å². The van der Waals surface area contributed by atoms with Gasteiger partial charge in [0.2, 0.25) is 0 Å². The lowest BCUT2D eigenvalue weighted by Gasteiger charge is -1.90. The lowest BCUT2D eigenvalue weighted by Crippen LogP contribution is -1.81. The van der Waals surface area contributed by atoms with Gasteiger partial charge in [-0.15, -0.1) is 11.3 Å². The van der Waals surface area contributed by atoms with Crippen LogP contribution < -0.4 is 0 Å². The summed E-state index contributed by atoms with van der Waals surface area (Å²) in [4.78, 5) is 21.1. The second-order valence-electron chi connectivity index (χ2n) is 6.80. The molecule has 0 aliphatic rings. The largest absolute Gasteiger partial charge is 0.261 e. The van der Waals surface area contributed by atoms with Gasteiger partial charge in [-0.25, -0.2) is 15.0 Å². The van der Waals surface area contributed by atoms with E-state index in [1.807, 2.05) is 78.2 Å². The summed E-state index contributed by atoms with van der Waals surface area (Å²) in [5.41, 5.74) is 5.57. The topological polar surface area (TPSA) is 64.5 Å². The van der Waals surface area contributed by atoms with Gasteiger partial charge in [-0.3, -0.25) is 9.97 Å². The lowest BCUT2D eigenvalue weighted by molar-refractivity contribution is 1.12. The molecule has 0 unspecified atom stereocenters. The first-order valence-electron chi connectivity index (χ1n) is 9.66. The van der Waals surface area contributed by atoms with Crippen molar-refractivity contribution in [3.63, 3.8) is 0 Å². The van der Waals surface area contributed by atoms with Crippen LogP contribution in [0.15, 0.2) is 61.4 Å². The van der Waals surface area contributed by atoms with Crippen molar-refractivity contribution in [3.8, 4) is 0 Å². The summed E-state index contributed by atoms with van der Waals surface area (Å²) in [5, 5.41) is 1.15. The average molecular weight is 422 g/mol. The normalized spacial score (nSPS) is 9.17. The molecule has 0 atom stereocenters. The van der Waals surface area contributed by atoms with Crippen molar-refractivity contribution in [2.75, 3.05) is 0 Å². The molecule has 4 aromatic heterocycles. The van der Waals surface area contributed by atoms with E-state index in [2.05, 4.69) is 37.9 Å². The second kappa shape index (κ2) is 14.1. The van der Waals surface area contributed by atoms with Crippen molar-refractivity contribution >= 4 is 11.3 Å². The van der Waals surface area contributed by atoms with E-state index in [0.717, 1.165) is 27.7 Å². The molecule has 0 radical (unpaired) electrons. The van der Waals surface area contributed by atoms with Crippen LogP contribution in [-0.4, -0.2) is 24.9 Å². The van der Waals surface area contributed by atoms with Crippen LogP contribution in [0.4, 0.5) is 0 Å². The number of nitrogens with zero attached hydrogens (tertiary/aromatic N) is 5. The lowest BCUT2D eigenvalue weighted by atomic mass is 10.3. The highest BCUT2D eigenvalue weighted by Gasteiger charge is 1.86. The molecule has 6 heteroatoms. The van der Waals surface area contributed by atoms with Crippen LogP contribution in [0.1, 0.15) is 38.1 Å². The van der Waals surface area contributed by atoms with E-state index in [1.54, 1.807) is 23.7 Å². The number of thiazole rings is 1. The second-order valence-corrected chi connectivity index (χ2v) is 8.24. The van der Waals surface area contributed by atoms with Crippen LogP contribution in [0.25, 0.3) is 0 Å². The number of hydrogen-bond acceptors (Lipinski definition) is 6. The standard InChI is InChI=1S/2C7H9N.C5H6N2.C5H7NS/c1-6-3-4-7(2)8-5-6;1-6-4-3-5-7(2)8-6;1-5-2-6-4-7-3-5;1-4-3-6-5(2)7-4/h2*3-5H,1-2H3;2-4H,1H3;3H,1-2H3. The first-order chi connectivity index (χ1) is 14.3. The summed E-state index contributed by atoms with van der Waals surface area (Å²) in [6.45, 7) is 14.0. The third-order valence-electron chi connectivity index (χ3n) is 3.51. The number of hydrogen-bond donors (Lipinski definition) is 0. The molecule has 0 spiro atoms. The summed E-state index contributed by atoms with van der Waals surface area (Å²) in [6.07, 6.45) is 8.82. The molecule has 0 amide bonds. The summed E-state index contributed by atoms with van der Waals surface area (Å²) < 4.78 is 0. The molecule has 0 saturated heterocycles. The Morgan fingerprint density at radius 3 is 1.50 bits per heavy atom. The molecule has 4 heterocycles. The van der Waals surface area contributed by atoms with Crippen LogP contribution in [0, 0.1) is 48.5 Å². The zero-order valence-electron chi connectivity index (χ0n) is 18.9. The number of aryl methyl sites for hydroxylation is 7. The van der Waals surface area contributed by atoms with Gasteiger partial charge >= 0.3 is 0 Å². The summed E-state index contributed by atoms with van der Waals surface area (Å²) in [5.74, 6) is 0. The summed E-state index contributed by atoms with van der Waals surface area (Å²) >= 11 is 1.73. The maximum atomic E-state index is 4.17. The quantitative estimate of drug-likeness (QED) is 0.351. The molecule has 0 N–H and O–H groups in total. The Morgan fingerprint density at radius 2 is 1.23 bits per heavy atom. The highest BCUT2D eigenvalue weighted by atomic mass is 32.1. The molecule has 158 valence electrons. The SMILES string of the molecule is Cc1ccc(C)nc1.Cc1cccc(C)n1.Cc1cnc(C)s1.Cc1cncnc1. The molecular formula is C24H31N5S. The van der Waals surface area contributed by atoms with Crippen molar-refractivity contribution in [2.24, 2.45) is 0 Å². The minimum atomic E-state index is 1.08. The Hall–Kier alpha value is -2.99. The Bertz CT molecular complexity index is 912. The fourth-order valence-electron chi connectivity index (χ4n) is 2.06. The van der Waals surface area contributed by atoms with Crippen LogP contribution in [-0.2, 0) is 0 Å². The van der Waals surface area contributed by atoms with Gasteiger partial charge < -0.3 is 0 Å². The molecule has 4 rings (SSSR count). The van der Waals surface area contributed by atoms with Crippen molar-refractivity contribution in [3.05, 3.63) is 99.5 Å². The van der Waals surface area contributed by atoms with Crippen molar-refractivity contribution in [1.29, 1.82) is 0 Å². The van der Waals surface area contributed by atoms with E-state index in [1.165, 1.54) is 16.8 Å². The average Bonchev–Trinajstić information content (AvgIpc) is 3.09. The highest BCUT2D eigenvalue weighted by molar-refractivity contribution is 7.11. The molecule has 4 aromatic rings. The van der Waals surface area contributed by atoms with E-state index >= 15 is 0 Å². The molecule has 0 saturated carbocycles. The zero-order valence-corrected chi connectivity index (χ0v) is 19.7. The molecule has 0 aliphatic heterocycles. The number of pyridine rings is 2. The summed E-state index contributed by atoms with van der Waals surface area (Å²) in [6, 6.07) is 10.1. The maximum absolute atomic E-state index is 4.17. The van der Waals surface area contributed by atoms with E-state index in [0.29, 0.717) is 0 Å². The molecule has 5 nitrogen and oxygen atoms in total. The van der Waals surface area contributed by atoms with Crippen LogP contribution in [0.5, 0.6) is 0 Å². The fraction of sp³-hybridized carbons (Fsp3) is 0.292. The third kappa shape index (κ3) is 12.5. The van der Waals surface area contributed by atoms with E-state index in [9.17, 15) is 0 Å². The first-order valence-corrected chi connectivity index (χ1v) is 10.5. The highest BCUT2D eigenvalue weighted by Crippen LogP contribution is 2.07. The Kier molecular flexibility index (Phi) is 11.7. The predicted molar refractivity (Wildman–Crippen MR) is 126 cm³/mol. The monoisotopic (exact) mass is 421 g/mol. The molecule has 0 bridgehead atoms. The minimum absolute atomic E-state index is 1.08. The fourth-order valence-corrected chi connectivity index (χ4v) is 2.74. The van der Waals surface area contributed by atoms with Crippen LogP contribution in [0.2, 0.25) is 0 Å². The zero-order chi connectivity index (χ0) is 22.4. The van der Waals surface area contributed by atoms with Crippen molar-refractivity contribution < 1.29 is 0 Å². The Morgan fingerprint density at radius 1 is 0.600 bits per heavy atom. The molecule has 0 fully saturated rings. The number of aromatic nitrogens is 5. The van der Waals surface area contributed by atoms with Gasteiger partial charge in [-0.1, -0.05) is 12.1 Å². The first kappa shape index (κ1) is 25.0. The van der Waals surface area contributed by atoms with Gasteiger partial charge in [0.05, 0.1) is 5.01 Å². The van der Waals surface area contributed by atoms with Gasteiger partial charge in [-0.05, 0) is 77.8 Å². The van der Waals surface area contributed by atoms with E-state index in [4.69, 9.17) is 0 Å². The van der Waals surface area contributed by atoms with Gasteiger partial charge in [0.25, 0.3) is 0 Å². The minimum Gasteiger partial charge on any atom is -0.261 e. The van der Waals surface area contributed by atoms with Crippen molar-refractivity contribution in [1.82, 2.24) is 24.9 Å². The van der Waals surface area contributed by atoms with Crippen molar-refractivity contribution in [2.45, 2.75) is 48.5 Å². The predicted octanol–water partition coefficient (Wildman–Crippen LogP) is 5.94. The Balaban J connectivity index is 0.000000200. The van der Waals surface area contributed by atoms with Gasteiger partial charge in [-0.2, -0.15) is 0 Å². The van der Waals surface area contributed by atoms with Gasteiger partial charge in [0.15, 0.2) is 0 Å². The number of rotatable bonds is 0. The van der Waals surface area contributed by atoms with E-state index < -0.39 is 0 Å². The molecule has 30 heavy (non-hydrogen) atoms.